The molecule has 0 atom stereocenters. The molecule has 1 aliphatic rings. The first-order chi connectivity index (χ1) is 9.93. The fraction of sp³-hybridized carbons (Fsp3) is 0.286. The van der Waals surface area contributed by atoms with E-state index in [-0.39, 0.29) is 27.9 Å². The van der Waals surface area contributed by atoms with Crippen LogP contribution in [0, 0.1) is 34.3 Å². The molecule has 2 N–H and O–H groups in total. The van der Waals surface area contributed by atoms with E-state index in [1.807, 2.05) is 6.07 Å². The summed E-state index contributed by atoms with van der Waals surface area (Å²) in [7, 11) is 0. The molecule has 2 rings (SSSR count). The van der Waals surface area contributed by atoms with Gasteiger partial charge in [-0.25, -0.2) is 0 Å². The molecule has 7 heteroatoms. The number of nitro groups is 1. The second kappa shape index (κ2) is 5.89. The number of allylic oxidation sites excluding steroid dienone is 1. The summed E-state index contributed by atoms with van der Waals surface area (Å²) in [5, 5.41) is 32.6. The minimum absolute atomic E-state index is 0.0170. The van der Waals surface area contributed by atoms with Crippen molar-refractivity contribution in [3.8, 4) is 6.07 Å². The summed E-state index contributed by atoms with van der Waals surface area (Å²) in [6, 6.07) is 6.37. The van der Waals surface area contributed by atoms with E-state index in [2.05, 4.69) is 5.32 Å². The monoisotopic (exact) mass is 303 g/mol. The van der Waals surface area contributed by atoms with Crippen molar-refractivity contribution < 1.29 is 10.0 Å². The lowest BCUT2D eigenvalue weighted by molar-refractivity contribution is -0.385. The number of hydrogen-bond acceptors (Lipinski definition) is 5. The minimum Gasteiger partial charge on any atom is -0.511 e. The fourth-order valence-corrected chi connectivity index (χ4v) is 2.18. The Morgan fingerprint density at radius 3 is 2.71 bits per heavy atom. The third-order valence-electron chi connectivity index (χ3n) is 3.21. The van der Waals surface area contributed by atoms with Crippen molar-refractivity contribution in [2.75, 3.05) is 5.32 Å². The predicted octanol–water partition coefficient (Wildman–Crippen LogP) is 3.39. The molecular formula is C14H13N3O3S. The van der Waals surface area contributed by atoms with Crippen LogP contribution in [-0.2, 0) is 0 Å². The molecule has 0 aromatic heterocycles. The zero-order valence-electron chi connectivity index (χ0n) is 11.3. The number of rotatable bonds is 4. The molecule has 1 fully saturated rings. The van der Waals surface area contributed by atoms with E-state index in [4.69, 9.17) is 17.5 Å². The summed E-state index contributed by atoms with van der Waals surface area (Å²) in [5.74, 6) is 0.0478. The van der Waals surface area contributed by atoms with Gasteiger partial charge in [0, 0.05) is 23.2 Å². The van der Waals surface area contributed by atoms with Gasteiger partial charge in [0.05, 0.1) is 4.92 Å². The largest absolute Gasteiger partial charge is 0.511 e. The highest BCUT2D eigenvalue weighted by Crippen LogP contribution is 2.36. The highest BCUT2D eigenvalue weighted by molar-refractivity contribution is 7.81. The maximum absolute atomic E-state index is 10.8. The molecule has 0 heterocycles. The van der Waals surface area contributed by atoms with E-state index < -0.39 is 4.92 Å². The van der Waals surface area contributed by atoms with E-state index in [0.29, 0.717) is 11.3 Å². The molecule has 0 amide bonds. The number of hydrogen-bond donors (Lipinski definition) is 2. The lowest BCUT2D eigenvalue weighted by atomic mass is 10.1. The summed E-state index contributed by atoms with van der Waals surface area (Å²) in [5.41, 5.74) is 1.10. The molecule has 108 valence electrons. The van der Waals surface area contributed by atoms with E-state index in [1.54, 1.807) is 13.0 Å². The number of nitro benzene ring substituents is 1. The minimum atomic E-state index is -0.461. The summed E-state index contributed by atoms with van der Waals surface area (Å²) < 4.78 is 0. The molecule has 1 aliphatic carbocycles. The number of nitrogens with one attached hydrogen (secondary N) is 1. The van der Waals surface area contributed by atoms with Crippen LogP contribution in [0.4, 0.5) is 11.4 Å². The van der Waals surface area contributed by atoms with Gasteiger partial charge in [-0.1, -0.05) is 12.2 Å². The Morgan fingerprint density at radius 1 is 1.57 bits per heavy atom. The van der Waals surface area contributed by atoms with Gasteiger partial charge < -0.3 is 10.4 Å². The zero-order chi connectivity index (χ0) is 15.6. The quantitative estimate of drug-likeness (QED) is 0.221. The van der Waals surface area contributed by atoms with E-state index in [1.165, 1.54) is 12.1 Å². The van der Waals surface area contributed by atoms with Crippen LogP contribution in [0.2, 0.25) is 0 Å². The maximum atomic E-state index is 10.8. The standard InChI is InChI=1S/C14H13N3O3S/c1-8-6-10(4-5-12(8)17(19)20)16-14(21)11(7-15)13(18)9-2-3-9/h4-6,9,18H,2-3H2,1H3,(H,16,21)/b13-11+. The van der Waals surface area contributed by atoms with Crippen molar-refractivity contribution in [1.29, 1.82) is 5.26 Å². The van der Waals surface area contributed by atoms with Gasteiger partial charge in [-0.3, -0.25) is 10.1 Å². The number of benzene rings is 1. The summed E-state index contributed by atoms with van der Waals surface area (Å²) in [6.07, 6.45) is 1.71. The Balaban J connectivity index is 2.20. The van der Waals surface area contributed by atoms with Crippen molar-refractivity contribution in [1.82, 2.24) is 0 Å². The van der Waals surface area contributed by atoms with Gasteiger partial charge in [0.15, 0.2) is 0 Å². The second-order valence-corrected chi connectivity index (χ2v) is 5.27. The first-order valence-corrected chi connectivity index (χ1v) is 6.74. The number of nitriles is 1. The molecular weight excluding hydrogens is 290 g/mol. The van der Waals surface area contributed by atoms with Crippen LogP contribution in [0.1, 0.15) is 18.4 Å². The average molecular weight is 303 g/mol. The van der Waals surface area contributed by atoms with Crippen LogP contribution < -0.4 is 5.32 Å². The molecule has 1 aromatic carbocycles. The molecule has 1 aromatic rings. The molecule has 6 nitrogen and oxygen atoms in total. The van der Waals surface area contributed by atoms with E-state index in [9.17, 15) is 15.2 Å². The van der Waals surface area contributed by atoms with Gasteiger partial charge in [-0.05, 0) is 31.9 Å². The maximum Gasteiger partial charge on any atom is 0.272 e. The van der Waals surface area contributed by atoms with Crippen molar-refractivity contribution >= 4 is 28.6 Å². The van der Waals surface area contributed by atoms with Crippen LogP contribution in [0.5, 0.6) is 0 Å². The average Bonchev–Trinajstić information content (AvgIpc) is 3.23. The number of anilines is 1. The first-order valence-electron chi connectivity index (χ1n) is 6.33. The number of nitrogens with zero attached hydrogens (tertiary/aromatic N) is 2. The lowest BCUT2D eigenvalue weighted by Gasteiger charge is -2.09. The van der Waals surface area contributed by atoms with Crippen LogP contribution in [-0.4, -0.2) is 15.0 Å². The predicted molar refractivity (Wildman–Crippen MR) is 82.0 cm³/mol. The smallest absolute Gasteiger partial charge is 0.272 e. The Kier molecular flexibility index (Phi) is 4.19. The summed E-state index contributed by atoms with van der Waals surface area (Å²) in [6.45, 7) is 1.62. The molecule has 0 aliphatic heterocycles. The Bertz CT molecular complexity index is 687. The highest BCUT2D eigenvalue weighted by atomic mass is 32.1. The van der Waals surface area contributed by atoms with Gasteiger partial charge in [0.1, 0.15) is 22.4 Å². The molecule has 0 unspecified atom stereocenters. The SMILES string of the molecule is Cc1cc(NC(=S)/C(C#N)=C(/O)C2CC2)ccc1[N+](=O)[O-]. The van der Waals surface area contributed by atoms with Crippen LogP contribution >= 0.6 is 12.2 Å². The molecule has 0 radical (unpaired) electrons. The molecule has 0 spiro atoms. The Morgan fingerprint density at radius 2 is 2.24 bits per heavy atom. The highest BCUT2D eigenvalue weighted by Gasteiger charge is 2.29. The van der Waals surface area contributed by atoms with E-state index >= 15 is 0 Å². The number of aliphatic hydroxyl groups is 1. The molecule has 1 saturated carbocycles. The Hall–Kier alpha value is -2.46. The van der Waals surface area contributed by atoms with Crippen molar-refractivity contribution in [3.63, 3.8) is 0 Å². The van der Waals surface area contributed by atoms with Gasteiger partial charge in [0.25, 0.3) is 5.69 Å². The van der Waals surface area contributed by atoms with Gasteiger partial charge in [0.2, 0.25) is 0 Å². The van der Waals surface area contributed by atoms with Crippen LogP contribution in [0.25, 0.3) is 0 Å². The van der Waals surface area contributed by atoms with Gasteiger partial charge >= 0.3 is 0 Å². The topological polar surface area (TPSA) is 99.2 Å². The van der Waals surface area contributed by atoms with Crippen molar-refractivity contribution in [3.05, 3.63) is 45.2 Å². The van der Waals surface area contributed by atoms with Crippen molar-refractivity contribution in [2.24, 2.45) is 5.92 Å². The third kappa shape index (κ3) is 3.35. The normalized spacial score (nSPS) is 14.9. The van der Waals surface area contributed by atoms with Crippen LogP contribution in [0.15, 0.2) is 29.5 Å². The fourth-order valence-electron chi connectivity index (χ4n) is 1.92. The Labute approximate surface area is 126 Å². The van der Waals surface area contributed by atoms with E-state index in [0.717, 1.165) is 12.8 Å². The summed E-state index contributed by atoms with van der Waals surface area (Å²) >= 11 is 5.12. The lowest BCUT2D eigenvalue weighted by Crippen LogP contribution is -2.14. The number of thiocarbonyl (C=S) groups is 1. The number of aryl methyl sites for hydroxylation is 1. The van der Waals surface area contributed by atoms with Gasteiger partial charge in [-0.2, -0.15) is 5.26 Å². The zero-order valence-corrected chi connectivity index (χ0v) is 12.1. The third-order valence-corrected chi connectivity index (χ3v) is 3.52. The van der Waals surface area contributed by atoms with Crippen molar-refractivity contribution in [2.45, 2.75) is 19.8 Å². The van der Waals surface area contributed by atoms with Gasteiger partial charge in [-0.15, -0.1) is 0 Å². The molecule has 0 saturated heterocycles. The number of aliphatic hydroxyl groups excluding tert-OH is 1. The first kappa shape index (κ1) is 14.9. The second-order valence-electron chi connectivity index (χ2n) is 4.86. The summed E-state index contributed by atoms with van der Waals surface area (Å²) in [4.78, 5) is 10.4. The molecule has 21 heavy (non-hydrogen) atoms. The van der Waals surface area contributed by atoms with Crippen LogP contribution in [0.3, 0.4) is 0 Å². The molecule has 0 bridgehead atoms.